The van der Waals surface area contributed by atoms with Gasteiger partial charge in [-0.2, -0.15) is 0 Å². The molecule has 1 aromatic heterocycles. The van der Waals surface area contributed by atoms with Gasteiger partial charge in [-0.15, -0.1) is 0 Å². The quantitative estimate of drug-likeness (QED) is 0.758. The molecule has 2 aromatic rings. The predicted molar refractivity (Wildman–Crippen MR) is 101 cm³/mol. The van der Waals surface area contributed by atoms with E-state index < -0.39 is 5.91 Å². The molecule has 0 atom stereocenters. The fraction of sp³-hybridized carbons (Fsp3) is 0.389. The van der Waals surface area contributed by atoms with E-state index in [0.29, 0.717) is 12.5 Å². The van der Waals surface area contributed by atoms with Crippen molar-refractivity contribution < 1.29 is 9.53 Å². The number of aromatic nitrogens is 2. The van der Waals surface area contributed by atoms with Crippen molar-refractivity contribution in [3.8, 4) is 5.75 Å². The summed E-state index contributed by atoms with van der Waals surface area (Å²) in [7, 11) is 1.70. The molecule has 1 aliphatic heterocycles. The number of hydrogen-bond donors (Lipinski definition) is 2. The molecule has 0 saturated carbocycles. The lowest BCUT2D eigenvalue weighted by molar-refractivity contribution is 0.0995. The smallest absolute Gasteiger partial charge is 0.267 e. The Balaban J connectivity index is 1.46. The lowest BCUT2D eigenvalue weighted by Crippen LogP contribution is -2.47. The van der Waals surface area contributed by atoms with E-state index >= 15 is 0 Å². The molecule has 2 heterocycles. The van der Waals surface area contributed by atoms with Crippen LogP contribution in [0.2, 0.25) is 0 Å². The summed E-state index contributed by atoms with van der Waals surface area (Å²) in [4.78, 5) is 24.1. The first-order valence-electron chi connectivity index (χ1n) is 8.64. The Morgan fingerprint density at radius 2 is 2.00 bits per heavy atom. The Labute approximate surface area is 153 Å². The van der Waals surface area contributed by atoms with Crippen LogP contribution in [0.4, 0.5) is 11.6 Å². The zero-order valence-corrected chi connectivity index (χ0v) is 14.9. The molecule has 1 aromatic carbocycles. The van der Waals surface area contributed by atoms with Crippen molar-refractivity contribution in [1.82, 2.24) is 14.9 Å². The third-order valence-corrected chi connectivity index (χ3v) is 4.42. The van der Waals surface area contributed by atoms with Crippen LogP contribution in [-0.2, 0) is 0 Å². The van der Waals surface area contributed by atoms with Gasteiger partial charge in [-0.25, -0.2) is 9.97 Å². The summed E-state index contributed by atoms with van der Waals surface area (Å²) in [5, 5.41) is 3.14. The van der Waals surface area contributed by atoms with Gasteiger partial charge in [0.05, 0.1) is 12.8 Å². The van der Waals surface area contributed by atoms with Gasteiger partial charge >= 0.3 is 0 Å². The number of rotatable bonds is 7. The van der Waals surface area contributed by atoms with E-state index in [9.17, 15) is 4.79 Å². The number of methoxy groups -OCH3 is 1. The number of carbonyl (C=O) groups excluding carboxylic acids is 1. The maximum Gasteiger partial charge on any atom is 0.267 e. The maximum absolute atomic E-state index is 11.2. The highest BCUT2D eigenvalue weighted by atomic mass is 16.5. The van der Waals surface area contributed by atoms with Crippen molar-refractivity contribution in [2.45, 2.75) is 0 Å². The predicted octanol–water partition coefficient (Wildman–Crippen LogP) is 0.818. The third-order valence-electron chi connectivity index (χ3n) is 4.42. The van der Waals surface area contributed by atoms with E-state index in [4.69, 9.17) is 10.5 Å². The van der Waals surface area contributed by atoms with Crippen LogP contribution in [-0.4, -0.2) is 67.2 Å². The number of hydrogen-bond acceptors (Lipinski definition) is 7. The number of ether oxygens (including phenoxy) is 1. The molecular formula is C18H24N6O2. The second-order valence-corrected chi connectivity index (χ2v) is 6.06. The van der Waals surface area contributed by atoms with E-state index in [1.807, 2.05) is 18.2 Å². The Morgan fingerprint density at radius 1 is 1.23 bits per heavy atom. The standard InChI is InChI=1S/C18H24N6O2/c1-26-16-5-3-2-4-15(16)24-12-10-23(11-13-24)9-8-21-18-20-7-6-14(22-18)17(19)25/h2-7H,8-13H2,1H3,(H2,19,25)(H,20,21,22). The highest BCUT2D eigenvalue weighted by Crippen LogP contribution is 2.28. The summed E-state index contributed by atoms with van der Waals surface area (Å²) >= 11 is 0. The molecule has 0 unspecified atom stereocenters. The lowest BCUT2D eigenvalue weighted by atomic mass is 10.2. The Morgan fingerprint density at radius 3 is 2.73 bits per heavy atom. The van der Waals surface area contributed by atoms with Gasteiger partial charge in [-0.3, -0.25) is 9.69 Å². The van der Waals surface area contributed by atoms with Crippen molar-refractivity contribution >= 4 is 17.5 Å². The van der Waals surface area contributed by atoms with E-state index in [-0.39, 0.29) is 5.69 Å². The van der Waals surface area contributed by atoms with E-state index in [1.165, 1.54) is 12.3 Å². The number of anilines is 2. The molecule has 138 valence electrons. The molecule has 3 rings (SSSR count). The Hall–Kier alpha value is -2.87. The molecule has 1 aliphatic rings. The summed E-state index contributed by atoms with van der Waals surface area (Å²) in [5.41, 5.74) is 6.59. The fourth-order valence-corrected chi connectivity index (χ4v) is 3.01. The number of piperazine rings is 1. The van der Waals surface area contributed by atoms with E-state index in [2.05, 4.69) is 31.2 Å². The van der Waals surface area contributed by atoms with Crippen LogP contribution < -0.4 is 20.7 Å². The molecule has 1 amide bonds. The van der Waals surface area contributed by atoms with E-state index in [0.717, 1.165) is 44.2 Å². The highest BCUT2D eigenvalue weighted by Gasteiger charge is 2.19. The number of carbonyl (C=O) groups is 1. The van der Waals surface area contributed by atoms with Gasteiger partial charge in [-0.1, -0.05) is 12.1 Å². The maximum atomic E-state index is 11.2. The summed E-state index contributed by atoms with van der Waals surface area (Å²) in [6.45, 7) is 5.44. The summed E-state index contributed by atoms with van der Waals surface area (Å²) in [6.07, 6.45) is 1.53. The first-order chi connectivity index (χ1) is 12.7. The topological polar surface area (TPSA) is 96.6 Å². The molecule has 3 N–H and O–H groups in total. The van der Waals surface area contributed by atoms with Crippen LogP contribution in [0.15, 0.2) is 36.5 Å². The molecule has 1 fully saturated rings. The van der Waals surface area contributed by atoms with Gasteiger partial charge in [0.25, 0.3) is 5.91 Å². The van der Waals surface area contributed by atoms with Crippen LogP contribution in [0.25, 0.3) is 0 Å². The van der Waals surface area contributed by atoms with Gasteiger partial charge in [0.1, 0.15) is 11.4 Å². The zero-order valence-electron chi connectivity index (χ0n) is 14.9. The fourth-order valence-electron chi connectivity index (χ4n) is 3.01. The van der Waals surface area contributed by atoms with Gasteiger partial charge in [0, 0.05) is 45.5 Å². The first-order valence-corrected chi connectivity index (χ1v) is 8.64. The SMILES string of the molecule is COc1ccccc1N1CCN(CCNc2nccc(C(N)=O)n2)CC1. The molecule has 0 radical (unpaired) electrons. The zero-order chi connectivity index (χ0) is 18.4. The number of benzene rings is 1. The highest BCUT2D eigenvalue weighted by molar-refractivity contribution is 5.90. The number of primary amides is 1. The molecule has 0 spiro atoms. The second-order valence-electron chi connectivity index (χ2n) is 6.06. The van der Waals surface area contributed by atoms with Gasteiger partial charge in [0.15, 0.2) is 0 Å². The summed E-state index contributed by atoms with van der Waals surface area (Å²) in [5.74, 6) is 0.783. The van der Waals surface area contributed by atoms with Crippen LogP contribution in [0, 0.1) is 0 Å². The molecule has 0 aliphatic carbocycles. The number of nitrogens with one attached hydrogen (secondary N) is 1. The summed E-state index contributed by atoms with van der Waals surface area (Å²) < 4.78 is 5.45. The number of nitrogens with zero attached hydrogens (tertiary/aromatic N) is 4. The van der Waals surface area contributed by atoms with Crippen molar-refractivity contribution in [2.75, 3.05) is 56.6 Å². The molecule has 1 saturated heterocycles. The van der Waals surface area contributed by atoms with Crippen LogP contribution in [0.3, 0.4) is 0 Å². The van der Waals surface area contributed by atoms with Crippen molar-refractivity contribution in [3.63, 3.8) is 0 Å². The van der Waals surface area contributed by atoms with E-state index in [1.54, 1.807) is 7.11 Å². The van der Waals surface area contributed by atoms with Crippen LogP contribution >= 0.6 is 0 Å². The van der Waals surface area contributed by atoms with Crippen molar-refractivity contribution in [1.29, 1.82) is 0 Å². The molecule has 0 bridgehead atoms. The minimum absolute atomic E-state index is 0.216. The van der Waals surface area contributed by atoms with Crippen LogP contribution in [0.1, 0.15) is 10.5 Å². The van der Waals surface area contributed by atoms with Gasteiger partial charge in [-0.05, 0) is 18.2 Å². The molecule has 8 heteroatoms. The number of nitrogens with two attached hydrogens (primary N) is 1. The monoisotopic (exact) mass is 356 g/mol. The normalized spacial score (nSPS) is 14.9. The molecule has 26 heavy (non-hydrogen) atoms. The third kappa shape index (κ3) is 4.40. The van der Waals surface area contributed by atoms with Crippen molar-refractivity contribution in [2.24, 2.45) is 5.73 Å². The number of amides is 1. The Bertz CT molecular complexity index is 746. The van der Waals surface area contributed by atoms with Crippen LogP contribution in [0.5, 0.6) is 5.75 Å². The Kier molecular flexibility index (Phi) is 5.85. The largest absolute Gasteiger partial charge is 0.495 e. The first kappa shape index (κ1) is 17.9. The average Bonchev–Trinajstić information content (AvgIpc) is 2.69. The minimum atomic E-state index is -0.553. The molecular weight excluding hydrogens is 332 g/mol. The number of para-hydroxylation sites is 2. The second kappa shape index (κ2) is 8.48. The van der Waals surface area contributed by atoms with Gasteiger partial charge < -0.3 is 20.7 Å². The van der Waals surface area contributed by atoms with Crippen molar-refractivity contribution in [3.05, 3.63) is 42.2 Å². The lowest BCUT2D eigenvalue weighted by Gasteiger charge is -2.36. The summed E-state index contributed by atoms with van der Waals surface area (Å²) in [6, 6.07) is 9.61. The minimum Gasteiger partial charge on any atom is -0.495 e. The van der Waals surface area contributed by atoms with Gasteiger partial charge in [0.2, 0.25) is 5.95 Å². The average molecular weight is 356 g/mol. The molecule has 8 nitrogen and oxygen atoms in total.